The number of nitrogens with one attached hydrogen (secondary N) is 1. The maximum Gasteiger partial charge on any atom is 0.114 e. The number of hydrogen-bond donors (Lipinski definition) is 2. The summed E-state index contributed by atoms with van der Waals surface area (Å²) >= 11 is 1.88. The normalized spacial score (nSPS) is 18.4. The molecule has 0 bridgehead atoms. The number of nitrogens with zero attached hydrogens (tertiary/aromatic N) is 1. The molecule has 2 aromatic heterocycles. The van der Waals surface area contributed by atoms with E-state index in [1.807, 2.05) is 11.3 Å². The largest absolute Gasteiger partial charge is 0.341 e. The molecule has 0 saturated heterocycles. The summed E-state index contributed by atoms with van der Waals surface area (Å²) in [5.74, 6) is 1.53. The predicted molar refractivity (Wildman–Crippen MR) is 83.1 cm³/mol. The molecule has 20 heavy (non-hydrogen) atoms. The third-order valence-corrected chi connectivity index (χ3v) is 5.18. The second-order valence-electron chi connectivity index (χ2n) is 5.42. The third-order valence-electron chi connectivity index (χ3n) is 4.18. The van der Waals surface area contributed by atoms with E-state index in [2.05, 4.69) is 34.6 Å². The van der Waals surface area contributed by atoms with Gasteiger partial charge in [-0.1, -0.05) is 6.07 Å². The number of thiophene rings is 1. The highest BCUT2D eigenvalue weighted by molar-refractivity contribution is 7.10. The van der Waals surface area contributed by atoms with E-state index in [-0.39, 0.29) is 0 Å². The van der Waals surface area contributed by atoms with Crippen molar-refractivity contribution < 1.29 is 0 Å². The van der Waals surface area contributed by atoms with Crippen LogP contribution in [0.25, 0.3) is 11.0 Å². The van der Waals surface area contributed by atoms with Crippen molar-refractivity contribution in [2.75, 3.05) is 0 Å². The van der Waals surface area contributed by atoms with Crippen molar-refractivity contribution in [1.29, 1.82) is 0 Å². The summed E-state index contributed by atoms with van der Waals surface area (Å²) in [5, 5.41) is 2.21. The number of imidazole rings is 1. The van der Waals surface area contributed by atoms with E-state index in [9.17, 15) is 0 Å². The molecule has 0 radical (unpaired) electrons. The first-order chi connectivity index (χ1) is 9.85. The van der Waals surface area contributed by atoms with Gasteiger partial charge in [0.05, 0.1) is 11.0 Å². The monoisotopic (exact) mass is 283 g/mol. The smallest absolute Gasteiger partial charge is 0.114 e. The van der Waals surface area contributed by atoms with Gasteiger partial charge in [0.25, 0.3) is 0 Å². The molecular formula is C16H17N3S. The first kappa shape index (κ1) is 12.1. The first-order valence-electron chi connectivity index (χ1n) is 7.10. The summed E-state index contributed by atoms with van der Waals surface area (Å²) in [7, 11) is 0. The molecule has 1 aliphatic rings. The molecule has 4 heteroatoms. The predicted octanol–water partition coefficient (Wildman–Crippen LogP) is 3.55. The van der Waals surface area contributed by atoms with Crippen LogP contribution in [0.15, 0.2) is 29.6 Å². The Morgan fingerprint density at radius 3 is 3.20 bits per heavy atom. The van der Waals surface area contributed by atoms with E-state index in [1.54, 1.807) is 0 Å². The molecule has 0 aliphatic heterocycles. The summed E-state index contributed by atoms with van der Waals surface area (Å²) in [6.07, 6.45) is 3.66. The summed E-state index contributed by atoms with van der Waals surface area (Å²) in [5.41, 5.74) is 10.5. The Kier molecular flexibility index (Phi) is 2.86. The van der Waals surface area contributed by atoms with E-state index in [1.165, 1.54) is 29.7 Å². The van der Waals surface area contributed by atoms with E-state index in [0.717, 1.165) is 22.4 Å². The lowest BCUT2D eigenvalue weighted by atomic mass is 9.87. The highest BCUT2D eigenvalue weighted by Crippen LogP contribution is 2.38. The zero-order valence-electron chi connectivity index (χ0n) is 11.2. The van der Waals surface area contributed by atoms with Crippen LogP contribution >= 0.6 is 11.3 Å². The van der Waals surface area contributed by atoms with Crippen molar-refractivity contribution in [2.24, 2.45) is 5.73 Å². The average molecular weight is 283 g/mol. The fourth-order valence-electron chi connectivity index (χ4n) is 3.14. The molecule has 1 aromatic carbocycles. The van der Waals surface area contributed by atoms with Gasteiger partial charge in [-0.25, -0.2) is 4.98 Å². The molecule has 1 aliphatic carbocycles. The van der Waals surface area contributed by atoms with Gasteiger partial charge in [0, 0.05) is 17.3 Å². The number of H-pyrrole nitrogens is 1. The molecule has 2 heterocycles. The number of aromatic nitrogens is 2. The topological polar surface area (TPSA) is 54.7 Å². The fraction of sp³-hybridized carbons (Fsp3) is 0.312. The van der Waals surface area contributed by atoms with E-state index in [4.69, 9.17) is 10.7 Å². The van der Waals surface area contributed by atoms with E-state index >= 15 is 0 Å². The number of nitrogens with two attached hydrogens (primary N) is 1. The standard InChI is InChI=1S/C16H17N3S/c17-9-10-4-5-13-14(8-10)19-16(18-13)12-2-1-3-15-11(12)6-7-20-15/h4-8,12H,1-3,9,17H2,(H,18,19). The molecule has 0 saturated carbocycles. The van der Waals surface area contributed by atoms with Crippen molar-refractivity contribution in [3.05, 3.63) is 51.5 Å². The number of fused-ring (bicyclic) bond motifs is 2. The van der Waals surface area contributed by atoms with Crippen LogP contribution in [0.3, 0.4) is 0 Å². The summed E-state index contributed by atoms with van der Waals surface area (Å²) in [4.78, 5) is 9.84. The zero-order valence-corrected chi connectivity index (χ0v) is 12.0. The van der Waals surface area contributed by atoms with Gasteiger partial charge in [0.15, 0.2) is 0 Å². The van der Waals surface area contributed by atoms with Crippen molar-refractivity contribution in [3.63, 3.8) is 0 Å². The quantitative estimate of drug-likeness (QED) is 0.755. The van der Waals surface area contributed by atoms with Crippen molar-refractivity contribution in [1.82, 2.24) is 9.97 Å². The molecule has 0 spiro atoms. The molecule has 0 amide bonds. The van der Waals surface area contributed by atoms with Gasteiger partial charge < -0.3 is 10.7 Å². The molecule has 3 N–H and O–H groups in total. The van der Waals surface area contributed by atoms with Gasteiger partial charge >= 0.3 is 0 Å². The Bertz CT molecular complexity index is 756. The molecule has 1 atom stereocenters. The maximum absolute atomic E-state index is 5.71. The van der Waals surface area contributed by atoms with Crippen LogP contribution in [0.2, 0.25) is 0 Å². The Labute approximate surface area is 121 Å². The Morgan fingerprint density at radius 2 is 2.30 bits per heavy atom. The van der Waals surface area contributed by atoms with Crippen molar-refractivity contribution in [2.45, 2.75) is 31.7 Å². The highest BCUT2D eigenvalue weighted by atomic mass is 32.1. The van der Waals surface area contributed by atoms with Gasteiger partial charge in [-0.15, -0.1) is 11.3 Å². The lowest BCUT2D eigenvalue weighted by Crippen LogP contribution is -2.09. The molecule has 0 fully saturated rings. The molecule has 4 rings (SSSR count). The van der Waals surface area contributed by atoms with Crippen LogP contribution in [0, 0.1) is 0 Å². The highest BCUT2D eigenvalue weighted by Gasteiger charge is 2.25. The zero-order chi connectivity index (χ0) is 13.5. The van der Waals surface area contributed by atoms with Crippen LogP contribution in [0.4, 0.5) is 0 Å². The van der Waals surface area contributed by atoms with Gasteiger partial charge in [-0.3, -0.25) is 0 Å². The molecule has 3 nitrogen and oxygen atoms in total. The summed E-state index contributed by atoms with van der Waals surface area (Å²) < 4.78 is 0. The lowest BCUT2D eigenvalue weighted by molar-refractivity contribution is 0.604. The van der Waals surface area contributed by atoms with E-state index < -0.39 is 0 Å². The van der Waals surface area contributed by atoms with Crippen LogP contribution in [0.1, 0.15) is 40.6 Å². The van der Waals surface area contributed by atoms with Crippen molar-refractivity contribution >= 4 is 22.4 Å². The lowest BCUT2D eigenvalue weighted by Gasteiger charge is -2.20. The number of hydrogen-bond acceptors (Lipinski definition) is 3. The molecular weight excluding hydrogens is 266 g/mol. The van der Waals surface area contributed by atoms with Crippen molar-refractivity contribution in [3.8, 4) is 0 Å². The number of aryl methyl sites for hydroxylation is 1. The second-order valence-corrected chi connectivity index (χ2v) is 6.42. The third kappa shape index (κ3) is 1.87. The molecule has 1 unspecified atom stereocenters. The van der Waals surface area contributed by atoms with Crippen LogP contribution < -0.4 is 5.73 Å². The maximum atomic E-state index is 5.71. The minimum absolute atomic E-state index is 0.429. The summed E-state index contributed by atoms with van der Waals surface area (Å²) in [6.45, 7) is 0.572. The Hall–Kier alpha value is -1.65. The summed E-state index contributed by atoms with van der Waals surface area (Å²) in [6, 6.07) is 8.50. The molecule has 3 aromatic rings. The first-order valence-corrected chi connectivity index (χ1v) is 7.98. The fourth-order valence-corrected chi connectivity index (χ4v) is 4.13. The van der Waals surface area contributed by atoms with Gasteiger partial charge in [-0.2, -0.15) is 0 Å². The van der Waals surface area contributed by atoms with E-state index in [0.29, 0.717) is 12.5 Å². The van der Waals surface area contributed by atoms with Gasteiger partial charge in [0.1, 0.15) is 5.82 Å². The van der Waals surface area contributed by atoms with Crippen LogP contribution in [0.5, 0.6) is 0 Å². The SMILES string of the molecule is NCc1ccc2nc(C3CCCc4sccc43)[nH]c2c1. The number of aromatic amines is 1. The Morgan fingerprint density at radius 1 is 1.35 bits per heavy atom. The average Bonchev–Trinajstić information content (AvgIpc) is 3.12. The second kappa shape index (κ2) is 4.72. The van der Waals surface area contributed by atoms with Crippen LogP contribution in [-0.2, 0) is 13.0 Å². The minimum atomic E-state index is 0.429. The number of rotatable bonds is 2. The van der Waals surface area contributed by atoms with Gasteiger partial charge in [0.2, 0.25) is 0 Å². The minimum Gasteiger partial charge on any atom is -0.341 e. The number of benzene rings is 1. The Balaban J connectivity index is 1.80. The van der Waals surface area contributed by atoms with Crippen LogP contribution in [-0.4, -0.2) is 9.97 Å². The molecule has 102 valence electrons. The van der Waals surface area contributed by atoms with Gasteiger partial charge in [-0.05, 0) is 54.0 Å².